The van der Waals surface area contributed by atoms with Gasteiger partial charge in [0, 0.05) is 12.8 Å². The summed E-state index contributed by atoms with van der Waals surface area (Å²) in [4.78, 5) is 24.1. The zero-order valence-corrected chi connectivity index (χ0v) is 20.4. The predicted molar refractivity (Wildman–Crippen MR) is 137 cm³/mol. The molecule has 2 amide bonds. The predicted octanol–water partition coefficient (Wildman–Crippen LogP) is 4.82. The number of imide groups is 1. The largest absolute Gasteiger partial charge is 0.374 e. The standard InChI is InChI=1S/C30H33NO5/c32-29-17-26(18-30(33)31-29)16-27(35-20-24-12-6-2-7-13-24)28(36-21-25-14-8-3-9-15-25)22-34-19-23-10-4-1-5-11-23/h1-15,26-28H,16-22H2,(H,31,32,33). The van der Waals surface area contributed by atoms with Gasteiger partial charge in [0.2, 0.25) is 11.8 Å². The lowest BCUT2D eigenvalue weighted by atomic mass is 9.89. The van der Waals surface area contributed by atoms with Crippen LogP contribution in [0, 0.1) is 5.92 Å². The van der Waals surface area contributed by atoms with Gasteiger partial charge in [-0.3, -0.25) is 14.9 Å². The van der Waals surface area contributed by atoms with Crippen LogP contribution in [0.3, 0.4) is 0 Å². The molecule has 1 aliphatic heterocycles. The maximum atomic E-state index is 12.0. The van der Waals surface area contributed by atoms with Gasteiger partial charge in [-0.2, -0.15) is 0 Å². The van der Waals surface area contributed by atoms with Crippen molar-refractivity contribution in [3.63, 3.8) is 0 Å². The van der Waals surface area contributed by atoms with Crippen molar-refractivity contribution >= 4 is 11.8 Å². The van der Waals surface area contributed by atoms with Crippen LogP contribution in [0.2, 0.25) is 0 Å². The normalized spacial score (nSPS) is 15.9. The number of benzene rings is 3. The average molecular weight is 488 g/mol. The molecule has 6 nitrogen and oxygen atoms in total. The van der Waals surface area contributed by atoms with E-state index in [1.54, 1.807) is 0 Å². The third-order valence-corrected chi connectivity index (χ3v) is 6.21. The number of amides is 2. The van der Waals surface area contributed by atoms with Crippen LogP contribution in [0.1, 0.15) is 36.0 Å². The van der Waals surface area contributed by atoms with Crippen LogP contribution in [0.4, 0.5) is 0 Å². The summed E-state index contributed by atoms with van der Waals surface area (Å²) in [5, 5.41) is 2.39. The Morgan fingerprint density at radius 3 is 1.58 bits per heavy atom. The molecule has 0 radical (unpaired) electrons. The number of carbonyl (C=O) groups excluding carboxylic acids is 2. The van der Waals surface area contributed by atoms with Crippen LogP contribution in [0.25, 0.3) is 0 Å². The van der Waals surface area contributed by atoms with E-state index < -0.39 is 0 Å². The fraction of sp³-hybridized carbons (Fsp3) is 0.333. The van der Waals surface area contributed by atoms with Crippen LogP contribution < -0.4 is 5.32 Å². The number of hydrogen-bond donors (Lipinski definition) is 1. The quantitative estimate of drug-likeness (QED) is 0.350. The van der Waals surface area contributed by atoms with Crippen molar-refractivity contribution in [2.75, 3.05) is 6.61 Å². The van der Waals surface area contributed by atoms with E-state index in [0.29, 0.717) is 45.7 Å². The maximum absolute atomic E-state index is 12.0. The van der Waals surface area contributed by atoms with Gasteiger partial charge in [-0.1, -0.05) is 91.0 Å². The summed E-state index contributed by atoms with van der Waals surface area (Å²) in [6.07, 6.45) is 0.395. The molecular weight excluding hydrogens is 454 g/mol. The molecule has 1 saturated heterocycles. The minimum Gasteiger partial charge on any atom is -0.374 e. The minimum absolute atomic E-state index is 0.107. The lowest BCUT2D eigenvalue weighted by Crippen LogP contribution is -2.42. The summed E-state index contributed by atoms with van der Waals surface area (Å²) in [5.74, 6) is -0.579. The molecule has 6 heteroatoms. The van der Waals surface area contributed by atoms with Gasteiger partial charge in [-0.25, -0.2) is 0 Å². The molecule has 1 N–H and O–H groups in total. The van der Waals surface area contributed by atoms with Crippen molar-refractivity contribution in [2.45, 2.75) is 51.3 Å². The Kier molecular flexibility index (Phi) is 9.79. The molecule has 1 aliphatic rings. The smallest absolute Gasteiger partial charge is 0.226 e. The molecule has 3 aromatic carbocycles. The molecule has 0 aliphatic carbocycles. The van der Waals surface area contributed by atoms with Crippen molar-refractivity contribution in [3.05, 3.63) is 108 Å². The minimum atomic E-state index is -0.377. The fourth-order valence-electron chi connectivity index (χ4n) is 4.36. The number of piperidine rings is 1. The van der Waals surface area contributed by atoms with E-state index in [9.17, 15) is 9.59 Å². The van der Waals surface area contributed by atoms with Gasteiger partial charge >= 0.3 is 0 Å². The van der Waals surface area contributed by atoms with Gasteiger partial charge in [0.25, 0.3) is 0 Å². The van der Waals surface area contributed by atoms with Crippen molar-refractivity contribution < 1.29 is 23.8 Å². The number of rotatable bonds is 13. The van der Waals surface area contributed by atoms with Crippen LogP contribution in [0.5, 0.6) is 0 Å². The van der Waals surface area contributed by atoms with Gasteiger partial charge in [-0.15, -0.1) is 0 Å². The highest BCUT2D eigenvalue weighted by molar-refractivity contribution is 5.97. The Morgan fingerprint density at radius 1 is 0.639 bits per heavy atom. The fourth-order valence-corrected chi connectivity index (χ4v) is 4.36. The second kappa shape index (κ2) is 13.7. The Morgan fingerprint density at radius 2 is 1.08 bits per heavy atom. The van der Waals surface area contributed by atoms with E-state index in [0.717, 1.165) is 16.7 Å². The van der Waals surface area contributed by atoms with Gasteiger partial charge in [0.05, 0.1) is 32.5 Å². The highest BCUT2D eigenvalue weighted by Gasteiger charge is 2.32. The van der Waals surface area contributed by atoms with Crippen LogP contribution in [0.15, 0.2) is 91.0 Å². The summed E-state index contributed by atoms with van der Waals surface area (Å²) < 4.78 is 18.9. The first-order valence-corrected chi connectivity index (χ1v) is 12.4. The van der Waals surface area contributed by atoms with Gasteiger partial charge in [0.1, 0.15) is 6.10 Å². The van der Waals surface area contributed by atoms with Crippen molar-refractivity contribution in [1.82, 2.24) is 5.32 Å². The van der Waals surface area contributed by atoms with Crippen LogP contribution >= 0.6 is 0 Å². The molecule has 0 bridgehead atoms. The van der Waals surface area contributed by atoms with Gasteiger partial charge in [0.15, 0.2) is 0 Å². The zero-order valence-electron chi connectivity index (χ0n) is 20.4. The number of hydrogen-bond acceptors (Lipinski definition) is 5. The molecular formula is C30H33NO5. The Bertz CT molecular complexity index is 1060. The van der Waals surface area contributed by atoms with Crippen LogP contribution in [-0.2, 0) is 43.6 Å². The first-order valence-electron chi connectivity index (χ1n) is 12.4. The molecule has 2 unspecified atom stereocenters. The van der Waals surface area contributed by atoms with Crippen molar-refractivity contribution in [2.24, 2.45) is 5.92 Å². The summed E-state index contributed by atoms with van der Waals surface area (Å²) >= 11 is 0. The SMILES string of the molecule is O=C1CC(CC(OCc2ccccc2)C(COCc2ccccc2)OCc2ccccc2)CC(=O)N1. The molecule has 2 atom stereocenters. The molecule has 0 aromatic heterocycles. The zero-order chi connectivity index (χ0) is 25.0. The van der Waals surface area contributed by atoms with E-state index in [1.807, 2.05) is 91.0 Å². The van der Waals surface area contributed by atoms with Crippen molar-refractivity contribution in [3.8, 4) is 0 Å². The lowest BCUT2D eigenvalue weighted by Gasteiger charge is -2.31. The highest BCUT2D eigenvalue weighted by atomic mass is 16.6. The topological polar surface area (TPSA) is 73.9 Å². The monoisotopic (exact) mass is 487 g/mol. The molecule has 0 spiro atoms. The Labute approximate surface area is 212 Å². The van der Waals surface area contributed by atoms with E-state index in [-0.39, 0.29) is 29.9 Å². The Balaban J connectivity index is 1.48. The first kappa shape index (κ1) is 25.8. The number of ether oxygens (including phenoxy) is 3. The van der Waals surface area contributed by atoms with Gasteiger partial charge in [-0.05, 0) is 29.0 Å². The second-order valence-electron chi connectivity index (χ2n) is 9.15. The third kappa shape index (κ3) is 8.41. The van der Waals surface area contributed by atoms with E-state index in [2.05, 4.69) is 5.32 Å². The number of nitrogens with one attached hydrogen (secondary N) is 1. The second-order valence-corrected chi connectivity index (χ2v) is 9.15. The van der Waals surface area contributed by atoms with E-state index >= 15 is 0 Å². The maximum Gasteiger partial charge on any atom is 0.226 e. The number of carbonyl (C=O) groups is 2. The van der Waals surface area contributed by atoms with Gasteiger partial charge < -0.3 is 14.2 Å². The molecule has 36 heavy (non-hydrogen) atoms. The summed E-state index contributed by atoms with van der Waals surface area (Å²) in [5.41, 5.74) is 3.18. The van der Waals surface area contributed by atoms with Crippen LogP contribution in [-0.4, -0.2) is 30.6 Å². The molecule has 188 valence electrons. The first-order chi connectivity index (χ1) is 17.7. The highest BCUT2D eigenvalue weighted by Crippen LogP contribution is 2.25. The molecule has 1 fully saturated rings. The molecule has 1 heterocycles. The summed E-state index contributed by atoms with van der Waals surface area (Å²) in [7, 11) is 0. The van der Waals surface area contributed by atoms with E-state index in [4.69, 9.17) is 14.2 Å². The average Bonchev–Trinajstić information content (AvgIpc) is 2.90. The third-order valence-electron chi connectivity index (χ3n) is 6.21. The lowest BCUT2D eigenvalue weighted by molar-refractivity contribution is -0.139. The molecule has 4 rings (SSSR count). The summed E-state index contributed by atoms with van der Waals surface area (Å²) in [6.45, 7) is 1.60. The van der Waals surface area contributed by atoms with E-state index in [1.165, 1.54) is 0 Å². The Hall–Kier alpha value is -3.32. The molecule has 0 saturated carbocycles. The molecule has 3 aromatic rings. The summed E-state index contributed by atoms with van der Waals surface area (Å²) in [6, 6.07) is 29.9. The van der Waals surface area contributed by atoms with Crippen molar-refractivity contribution in [1.29, 1.82) is 0 Å².